The number of fused-ring (bicyclic) bond motifs is 2. The second kappa shape index (κ2) is 7.20. The van der Waals surface area contributed by atoms with Crippen molar-refractivity contribution in [1.29, 1.82) is 0 Å². The van der Waals surface area contributed by atoms with Crippen LogP contribution in [0.4, 0.5) is 0 Å². The number of benzene rings is 2. The normalized spacial score (nSPS) is 27.2. The van der Waals surface area contributed by atoms with Gasteiger partial charge in [0, 0.05) is 12.6 Å². The minimum Gasteiger partial charge on any atom is -0.508 e. The molecule has 1 aliphatic heterocycles. The molecule has 2 aromatic carbocycles. The number of hydrogen-bond acceptors (Lipinski definition) is 3. The molecule has 0 amide bonds. The fourth-order valence-electron chi connectivity index (χ4n) is 5.47. The Kier molecular flexibility index (Phi) is 5.01. The molecule has 1 saturated heterocycles. The number of rotatable bonds is 5. The Bertz CT molecular complexity index is 832. The average Bonchev–Trinajstić information content (AvgIpc) is 3.00. The van der Waals surface area contributed by atoms with Gasteiger partial charge >= 0.3 is 0 Å². The molecule has 3 nitrogen and oxygen atoms in total. The molecule has 1 heterocycles. The highest BCUT2D eigenvalue weighted by Crippen LogP contribution is 2.57. The molecule has 0 radical (unpaired) electrons. The largest absolute Gasteiger partial charge is 0.508 e. The average molecular weight is 380 g/mol. The van der Waals surface area contributed by atoms with E-state index in [1.165, 1.54) is 17.5 Å². The van der Waals surface area contributed by atoms with E-state index >= 15 is 0 Å². The van der Waals surface area contributed by atoms with Crippen molar-refractivity contribution in [3.63, 3.8) is 0 Å². The zero-order chi connectivity index (χ0) is 19.9. The maximum Gasteiger partial charge on any atom is 0.119 e. The number of hydrogen-bond donors (Lipinski definition) is 1. The zero-order valence-electron chi connectivity index (χ0n) is 17.6. The van der Waals surface area contributed by atoms with Crippen molar-refractivity contribution in [2.45, 2.75) is 64.7 Å². The summed E-state index contributed by atoms with van der Waals surface area (Å²) >= 11 is 0. The van der Waals surface area contributed by atoms with Crippen LogP contribution in [0.25, 0.3) is 0 Å². The van der Waals surface area contributed by atoms with Crippen molar-refractivity contribution in [1.82, 2.24) is 4.90 Å². The first-order chi connectivity index (χ1) is 13.3. The van der Waals surface area contributed by atoms with Crippen molar-refractivity contribution < 1.29 is 9.84 Å². The highest BCUT2D eigenvalue weighted by molar-refractivity contribution is 5.48. The van der Waals surface area contributed by atoms with Crippen molar-refractivity contribution in [3.8, 4) is 5.75 Å². The molecule has 2 aliphatic rings. The number of phenols is 1. The predicted molar refractivity (Wildman–Crippen MR) is 114 cm³/mol. The molecule has 150 valence electrons. The van der Waals surface area contributed by atoms with Crippen LogP contribution >= 0.6 is 0 Å². The van der Waals surface area contributed by atoms with Crippen molar-refractivity contribution >= 4 is 0 Å². The maximum absolute atomic E-state index is 10.5. The summed E-state index contributed by atoms with van der Waals surface area (Å²) in [5.74, 6) is 0.452. The number of likely N-dealkylation sites (tertiary alicyclic amines) is 1. The van der Waals surface area contributed by atoms with Gasteiger partial charge < -0.3 is 9.84 Å². The second-order valence-electron chi connectivity index (χ2n) is 9.42. The monoisotopic (exact) mass is 379 g/mol. The Morgan fingerprint density at radius 1 is 1.11 bits per heavy atom. The minimum absolute atomic E-state index is 0.0346. The van der Waals surface area contributed by atoms with Gasteiger partial charge in [-0.25, -0.2) is 0 Å². The summed E-state index contributed by atoms with van der Waals surface area (Å²) in [5.41, 5.74) is 3.92. The summed E-state index contributed by atoms with van der Waals surface area (Å²) in [6, 6.07) is 16.9. The van der Waals surface area contributed by atoms with Gasteiger partial charge in [0.2, 0.25) is 0 Å². The first-order valence-corrected chi connectivity index (χ1v) is 10.5. The van der Waals surface area contributed by atoms with Crippen LogP contribution in [-0.4, -0.2) is 35.2 Å². The van der Waals surface area contributed by atoms with E-state index in [0.717, 1.165) is 25.1 Å². The Hall–Kier alpha value is -1.84. The number of nitrogens with zero attached hydrogens (tertiary/aromatic N) is 1. The lowest BCUT2D eigenvalue weighted by atomic mass is 9.54. The highest BCUT2D eigenvalue weighted by Gasteiger charge is 2.56. The molecule has 1 aliphatic carbocycles. The molecule has 1 unspecified atom stereocenters. The predicted octanol–water partition coefficient (Wildman–Crippen LogP) is 4.91. The quantitative estimate of drug-likeness (QED) is 0.801. The van der Waals surface area contributed by atoms with E-state index in [4.69, 9.17) is 4.74 Å². The highest BCUT2D eigenvalue weighted by atomic mass is 16.5. The lowest BCUT2D eigenvalue weighted by Gasteiger charge is -2.52. The molecule has 3 atom stereocenters. The third-order valence-electron chi connectivity index (χ3n) is 7.61. The Labute approximate surface area is 169 Å². The van der Waals surface area contributed by atoms with E-state index in [-0.39, 0.29) is 16.9 Å². The molecular weight excluding hydrogens is 346 g/mol. The lowest BCUT2D eigenvalue weighted by Crippen LogP contribution is -2.54. The van der Waals surface area contributed by atoms with Crippen molar-refractivity contribution in [2.24, 2.45) is 5.41 Å². The van der Waals surface area contributed by atoms with Gasteiger partial charge in [0.25, 0.3) is 0 Å². The van der Waals surface area contributed by atoms with E-state index in [9.17, 15) is 5.11 Å². The molecule has 0 bridgehead atoms. The fourth-order valence-corrected chi connectivity index (χ4v) is 5.47. The van der Waals surface area contributed by atoms with Crippen LogP contribution in [0.2, 0.25) is 0 Å². The summed E-state index contributed by atoms with van der Waals surface area (Å²) in [4.78, 5) is 2.60. The molecule has 0 spiro atoms. The van der Waals surface area contributed by atoms with Crippen LogP contribution in [0.15, 0.2) is 48.5 Å². The van der Waals surface area contributed by atoms with E-state index in [0.29, 0.717) is 18.4 Å². The second-order valence-corrected chi connectivity index (χ2v) is 9.42. The third kappa shape index (κ3) is 3.15. The SMILES string of the molecule is CC(CN1CC[C@]2(C)[C@@H]1Cc1c(O)cccc1C2(C)C)OCc1ccccc1. The van der Waals surface area contributed by atoms with Gasteiger partial charge in [-0.1, -0.05) is 63.2 Å². The maximum atomic E-state index is 10.5. The Balaban J connectivity index is 1.50. The van der Waals surface area contributed by atoms with Crippen molar-refractivity contribution in [3.05, 3.63) is 65.2 Å². The summed E-state index contributed by atoms with van der Waals surface area (Å²) < 4.78 is 6.16. The molecule has 2 aromatic rings. The van der Waals surface area contributed by atoms with Crippen molar-refractivity contribution in [2.75, 3.05) is 13.1 Å². The number of aromatic hydroxyl groups is 1. The molecular formula is C25H33NO2. The van der Waals surface area contributed by atoms with Crippen LogP contribution in [0.3, 0.4) is 0 Å². The molecule has 28 heavy (non-hydrogen) atoms. The summed E-state index contributed by atoms with van der Waals surface area (Å²) in [5, 5.41) is 10.5. The first-order valence-electron chi connectivity index (χ1n) is 10.5. The molecule has 3 heteroatoms. The van der Waals surface area contributed by atoms with Gasteiger partial charge in [-0.3, -0.25) is 4.90 Å². The van der Waals surface area contributed by atoms with E-state index in [1.807, 2.05) is 18.2 Å². The van der Waals surface area contributed by atoms with Gasteiger partial charge in [-0.2, -0.15) is 0 Å². The van der Waals surface area contributed by atoms with E-state index in [2.05, 4.69) is 62.9 Å². The summed E-state index contributed by atoms with van der Waals surface area (Å²) in [7, 11) is 0. The van der Waals surface area contributed by atoms with Gasteiger partial charge in [0.15, 0.2) is 0 Å². The molecule has 1 fully saturated rings. The Morgan fingerprint density at radius 2 is 1.86 bits per heavy atom. The van der Waals surface area contributed by atoms with E-state index in [1.54, 1.807) is 0 Å². The Morgan fingerprint density at radius 3 is 2.61 bits per heavy atom. The standard InChI is InChI=1S/C25H33NO2/c1-18(28-17-19-9-6-5-7-10-19)16-26-14-13-25(4)23(26)15-20-21(24(25,2)3)11-8-12-22(20)27/h5-12,18,23,27H,13-17H2,1-4H3/t18?,23-,25+/m0/s1. The lowest BCUT2D eigenvalue weighted by molar-refractivity contribution is 0.00734. The minimum atomic E-state index is 0.0346. The number of ether oxygens (including phenoxy) is 1. The smallest absolute Gasteiger partial charge is 0.119 e. The summed E-state index contributed by atoms with van der Waals surface area (Å²) in [6.45, 7) is 12.0. The topological polar surface area (TPSA) is 32.7 Å². The van der Waals surface area contributed by atoms with Crippen LogP contribution in [0, 0.1) is 5.41 Å². The van der Waals surface area contributed by atoms with Crippen LogP contribution in [0.5, 0.6) is 5.75 Å². The van der Waals surface area contributed by atoms with Gasteiger partial charge in [0.05, 0.1) is 12.7 Å². The van der Waals surface area contributed by atoms with Crippen LogP contribution in [0.1, 0.15) is 50.8 Å². The number of phenolic OH excluding ortho intramolecular Hbond substituents is 1. The van der Waals surface area contributed by atoms with E-state index < -0.39 is 0 Å². The molecule has 1 N–H and O–H groups in total. The van der Waals surface area contributed by atoms with Gasteiger partial charge in [0.1, 0.15) is 5.75 Å². The summed E-state index contributed by atoms with van der Waals surface area (Å²) in [6.07, 6.45) is 2.29. The van der Waals surface area contributed by atoms with Gasteiger partial charge in [-0.15, -0.1) is 0 Å². The zero-order valence-corrected chi connectivity index (χ0v) is 17.6. The molecule has 0 aromatic heterocycles. The first kappa shape index (κ1) is 19.5. The van der Waals surface area contributed by atoms with Gasteiger partial charge in [-0.05, 0) is 59.9 Å². The van der Waals surface area contributed by atoms with Crippen LogP contribution in [-0.2, 0) is 23.2 Å². The molecule has 4 rings (SSSR count). The fraction of sp³-hybridized carbons (Fsp3) is 0.520. The third-order valence-corrected chi connectivity index (χ3v) is 7.61. The van der Waals surface area contributed by atoms with Crippen LogP contribution < -0.4 is 0 Å². The molecule has 0 saturated carbocycles.